The predicted octanol–water partition coefficient (Wildman–Crippen LogP) is 4.93. The van der Waals surface area contributed by atoms with Crippen LogP contribution in [-0.2, 0) is 9.53 Å². The van der Waals surface area contributed by atoms with Gasteiger partial charge in [0.15, 0.2) is 0 Å². The van der Waals surface area contributed by atoms with Crippen LogP contribution in [-0.4, -0.2) is 48.3 Å². The highest BCUT2D eigenvalue weighted by molar-refractivity contribution is 5.69. The third kappa shape index (κ3) is 11.9. The predicted molar refractivity (Wildman–Crippen MR) is 108 cm³/mol. The Balaban J connectivity index is 1.87. The molecule has 0 saturated heterocycles. The maximum atomic E-state index is 11.9. The minimum Gasteiger partial charge on any atom is -0.462 e. The zero-order valence-corrected chi connectivity index (χ0v) is 17.4. The van der Waals surface area contributed by atoms with Gasteiger partial charge in [0.2, 0.25) is 0 Å². The molecule has 1 aliphatic carbocycles. The Labute approximate surface area is 161 Å². The Morgan fingerprint density at radius 3 is 2.38 bits per heavy atom. The molecule has 0 aromatic rings. The zero-order valence-electron chi connectivity index (χ0n) is 17.4. The van der Waals surface area contributed by atoms with Crippen molar-refractivity contribution in [2.24, 2.45) is 5.92 Å². The van der Waals surface area contributed by atoms with Gasteiger partial charge in [0, 0.05) is 13.0 Å². The number of esters is 1. The molecule has 0 spiro atoms. The molecule has 1 rings (SSSR count). The molecule has 0 aromatic carbocycles. The minimum absolute atomic E-state index is 0.0172. The van der Waals surface area contributed by atoms with Gasteiger partial charge in [-0.1, -0.05) is 65.2 Å². The molecule has 0 radical (unpaired) electrons. The summed E-state index contributed by atoms with van der Waals surface area (Å²) in [5, 5.41) is 8.96. The van der Waals surface area contributed by atoms with Crippen molar-refractivity contribution < 1.29 is 14.6 Å². The molecule has 1 N–H and O–H groups in total. The van der Waals surface area contributed by atoms with Gasteiger partial charge in [0.25, 0.3) is 0 Å². The highest BCUT2D eigenvalue weighted by Gasteiger charge is 2.39. The zero-order chi connectivity index (χ0) is 19.0. The van der Waals surface area contributed by atoms with E-state index in [4.69, 9.17) is 9.84 Å². The first kappa shape index (κ1) is 23.4. The van der Waals surface area contributed by atoms with Crippen molar-refractivity contribution in [2.45, 2.75) is 103 Å². The van der Waals surface area contributed by atoms with Gasteiger partial charge in [0.1, 0.15) is 6.10 Å². The van der Waals surface area contributed by atoms with E-state index in [1.807, 2.05) is 0 Å². The van der Waals surface area contributed by atoms with Crippen molar-refractivity contribution in [3.8, 4) is 0 Å². The van der Waals surface area contributed by atoms with Crippen LogP contribution in [0.2, 0.25) is 0 Å². The molecule has 2 unspecified atom stereocenters. The van der Waals surface area contributed by atoms with Crippen LogP contribution in [0, 0.1) is 5.92 Å². The minimum atomic E-state index is 0.0172. The Morgan fingerprint density at radius 2 is 1.65 bits per heavy atom. The molecular formula is C22H43NO3. The van der Waals surface area contributed by atoms with Crippen LogP contribution in [0.25, 0.3) is 0 Å². The fourth-order valence-corrected chi connectivity index (χ4v) is 3.61. The van der Waals surface area contributed by atoms with Crippen molar-refractivity contribution in [3.63, 3.8) is 0 Å². The van der Waals surface area contributed by atoms with Gasteiger partial charge in [-0.2, -0.15) is 0 Å². The number of likely N-dealkylation sites (N-methyl/N-ethyl adjacent to an activating group) is 1. The maximum absolute atomic E-state index is 11.9. The first-order chi connectivity index (χ1) is 12.7. The van der Waals surface area contributed by atoms with E-state index in [0.717, 1.165) is 38.9 Å². The van der Waals surface area contributed by atoms with E-state index in [-0.39, 0.29) is 18.7 Å². The number of nitrogens with zero attached hydrogens (tertiary/aromatic N) is 1. The molecule has 4 nitrogen and oxygen atoms in total. The lowest BCUT2D eigenvalue weighted by atomic mass is 10.1. The summed E-state index contributed by atoms with van der Waals surface area (Å²) in [6.07, 6.45) is 15.5. The summed E-state index contributed by atoms with van der Waals surface area (Å²) in [7, 11) is 0. The smallest absolute Gasteiger partial charge is 0.306 e. The third-order valence-corrected chi connectivity index (χ3v) is 5.54. The normalized spacial score (nSPS) is 19.1. The topological polar surface area (TPSA) is 49.8 Å². The number of ether oxygens (including phenoxy) is 1. The first-order valence-electron chi connectivity index (χ1n) is 11.2. The van der Waals surface area contributed by atoms with E-state index < -0.39 is 0 Å². The number of unbranched alkanes of at least 4 members (excludes halogenated alkanes) is 8. The molecule has 154 valence electrons. The molecule has 0 aromatic heterocycles. The molecule has 1 saturated carbocycles. The number of aliphatic hydroxyl groups excluding tert-OH is 1. The van der Waals surface area contributed by atoms with Crippen LogP contribution in [0.3, 0.4) is 0 Å². The van der Waals surface area contributed by atoms with Crippen LogP contribution in [0.5, 0.6) is 0 Å². The number of hydrogen-bond donors (Lipinski definition) is 1. The van der Waals surface area contributed by atoms with E-state index in [0.29, 0.717) is 12.3 Å². The average molecular weight is 370 g/mol. The second-order valence-electron chi connectivity index (χ2n) is 7.90. The van der Waals surface area contributed by atoms with Crippen molar-refractivity contribution in [1.82, 2.24) is 4.90 Å². The van der Waals surface area contributed by atoms with Gasteiger partial charge in [0.05, 0.1) is 6.61 Å². The number of hydrogen-bond acceptors (Lipinski definition) is 4. The number of aliphatic hydroxyl groups is 1. The summed E-state index contributed by atoms with van der Waals surface area (Å²) in [5.41, 5.74) is 0. The Hall–Kier alpha value is -0.610. The highest BCUT2D eigenvalue weighted by Crippen LogP contribution is 2.38. The van der Waals surface area contributed by atoms with Gasteiger partial charge in [-0.15, -0.1) is 0 Å². The highest BCUT2D eigenvalue weighted by atomic mass is 16.5. The van der Waals surface area contributed by atoms with Gasteiger partial charge < -0.3 is 14.7 Å². The van der Waals surface area contributed by atoms with E-state index in [9.17, 15) is 4.79 Å². The fourth-order valence-electron chi connectivity index (χ4n) is 3.61. The van der Waals surface area contributed by atoms with Crippen LogP contribution < -0.4 is 0 Å². The van der Waals surface area contributed by atoms with Crippen molar-refractivity contribution in [3.05, 3.63) is 0 Å². The van der Waals surface area contributed by atoms with E-state index >= 15 is 0 Å². The number of carbonyl (C=O) groups excluding carboxylic acids is 1. The molecule has 1 fully saturated rings. The third-order valence-electron chi connectivity index (χ3n) is 5.54. The van der Waals surface area contributed by atoms with Crippen LogP contribution >= 0.6 is 0 Å². The molecule has 0 heterocycles. The van der Waals surface area contributed by atoms with Gasteiger partial charge in [-0.05, 0) is 44.7 Å². The maximum Gasteiger partial charge on any atom is 0.306 e. The van der Waals surface area contributed by atoms with Gasteiger partial charge >= 0.3 is 5.97 Å². The standard InChI is InChI=1S/C22H43NO3/c1-3-5-6-8-11-14-20-19-21(20)26-22(25)15-12-9-7-10-13-16-23(4-2)17-18-24/h20-21,24H,3-19H2,1-2H3. The lowest BCUT2D eigenvalue weighted by molar-refractivity contribution is -0.145. The molecule has 2 atom stereocenters. The lowest BCUT2D eigenvalue weighted by Gasteiger charge is -2.18. The van der Waals surface area contributed by atoms with Crippen LogP contribution in [0.15, 0.2) is 0 Å². The molecule has 26 heavy (non-hydrogen) atoms. The Kier molecular flexibility index (Phi) is 13.9. The summed E-state index contributed by atoms with van der Waals surface area (Å²) < 4.78 is 5.58. The molecule has 0 aliphatic heterocycles. The Morgan fingerprint density at radius 1 is 0.962 bits per heavy atom. The van der Waals surface area contributed by atoms with Crippen molar-refractivity contribution in [2.75, 3.05) is 26.2 Å². The van der Waals surface area contributed by atoms with E-state index in [1.165, 1.54) is 57.8 Å². The first-order valence-corrected chi connectivity index (χ1v) is 11.2. The van der Waals surface area contributed by atoms with Crippen molar-refractivity contribution >= 4 is 5.97 Å². The summed E-state index contributed by atoms with van der Waals surface area (Å²) in [5.74, 6) is 0.671. The van der Waals surface area contributed by atoms with E-state index in [2.05, 4.69) is 18.7 Å². The summed E-state index contributed by atoms with van der Waals surface area (Å²) in [4.78, 5) is 14.2. The summed E-state index contributed by atoms with van der Waals surface area (Å²) in [6, 6.07) is 0. The number of carbonyl (C=O) groups is 1. The van der Waals surface area contributed by atoms with E-state index in [1.54, 1.807) is 0 Å². The molecule has 0 bridgehead atoms. The Bertz CT molecular complexity index is 348. The molecule has 0 amide bonds. The van der Waals surface area contributed by atoms with Crippen LogP contribution in [0.1, 0.15) is 97.3 Å². The molecule has 1 aliphatic rings. The SMILES string of the molecule is CCCCCCCC1CC1OC(=O)CCCCCCCN(CC)CCO. The largest absolute Gasteiger partial charge is 0.462 e. The average Bonchev–Trinajstić information content (AvgIpc) is 3.37. The molecule has 4 heteroatoms. The quantitative estimate of drug-likeness (QED) is 0.275. The summed E-state index contributed by atoms with van der Waals surface area (Å²) >= 11 is 0. The second kappa shape index (κ2) is 15.4. The summed E-state index contributed by atoms with van der Waals surface area (Å²) in [6.45, 7) is 7.49. The van der Waals surface area contributed by atoms with Crippen LogP contribution in [0.4, 0.5) is 0 Å². The van der Waals surface area contributed by atoms with Gasteiger partial charge in [-0.25, -0.2) is 0 Å². The second-order valence-corrected chi connectivity index (χ2v) is 7.90. The van der Waals surface area contributed by atoms with Gasteiger partial charge in [-0.3, -0.25) is 4.79 Å². The lowest BCUT2D eigenvalue weighted by Crippen LogP contribution is -2.27. The monoisotopic (exact) mass is 369 g/mol. The van der Waals surface area contributed by atoms with Crippen molar-refractivity contribution in [1.29, 1.82) is 0 Å². The fraction of sp³-hybridized carbons (Fsp3) is 0.955. The number of rotatable bonds is 18. The molecular weight excluding hydrogens is 326 g/mol.